The Labute approximate surface area is 180 Å². The number of anilines is 1. The van der Waals surface area contributed by atoms with Crippen LogP contribution in [-0.2, 0) is 19.1 Å². The van der Waals surface area contributed by atoms with Crippen LogP contribution in [0.5, 0.6) is 0 Å². The number of hydrogen-bond acceptors (Lipinski definition) is 6. The molecule has 2 unspecified atom stereocenters. The number of nitro benzene ring substituents is 1. The number of nitro groups is 1. The fraction of sp³-hybridized carbons (Fsp3) is 0.591. The number of benzene rings is 1. The molecule has 0 radical (unpaired) electrons. The van der Waals surface area contributed by atoms with Gasteiger partial charge >= 0.3 is 5.97 Å². The number of carbonyl (C=O) groups excluding carboxylic acids is 3. The number of nitrogens with one attached hydrogen (secondary N) is 2. The summed E-state index contributed by atoms with van der Waals surface area (Å²) < 4.78 is 5.43. The van der Waals surface area contributed by atoms with Gasteiger partial charge in [0.05, 0.1) is 16.0 Å². The summed E-state index contributed by atoms with van der Waals surface area (Å²) in [6, 6.07) is 4.20. The minimum absolute atomic E-state index is 0.0860. The van der Waals surface area contributed by atoms with Crippen molar-refractivity contribution in [2.75, 3.05) is 11.9 Å². The van der Waals surface area contributed by atoms with E-state index in [4.69, 9.17) is 4.74 Å². The molecule has 5 rings (SSSR count). The zero-order valence-electron chi connectivity index (χ0n) is 17.7. The molecule has 166 valence electrons. The Balaban J connectivity index is 1.41. The van der Waals surface area contributed by atoms with E-state index in [9.17, 15) is 24.5 Å². The summed E-state index contributed by atoms with van der Waals surface area (Å²) in [6.07, 6.45) is 4.87. The summed E-state index contributed by atoms with van der Waals surface area (Å²) in [5.74, 6) is -0.262. The fourth-order valence-electron chi connectivity index (χ4n) is 6.35. The van der Waals surface area contributed by atoms with Crippen molar-refractivity contribution in [3.63, 3.8) is 0 Å². The van der Waals surface area contributed by atoms with Gasteiger partial charge in [0.2, 0.25) is 5.91 Å². The van der Waals surface area contributed by atoms with E-state index in [1.165, 1.54) is 19.1 Å². The molecule has 2 N–H and O–H groups in total. The van der Waals surface area contributed by atoms with Crippen LogP contribution in [0, 0.1) is 34.3 Å². The maximum absolute atomic E-state index is 13.1. The van der Waals surface area contributed by atoms with Crippen molar-refractivity contribution in [1.29, 1.82) is 0 Å². The number of carbonyl (C=O) groups is 3. The second kappa shape index (κ2) is 7.62. The molecule has 1 aromatic carbocycles. The number of aryl methyl sites for hydroxylation is 1. The van der Waals surface area contributed by atoms with E-state index in [-0.39, 0.29) is 23.1 Å². The molecule has 9 heteroatoms. The van der Waals surface area contributed by atoms with E-state index in [0.29, 0.717) is 29.5 Å². The van der Waals surface area contributed by atoms with E-state index in [1.807, 2.05) is 0 Å². The Morgan fingerprint density at radius 3 is 2.48 bits per heavy atom. The molecule has 0 spiro atoms. The van der Waals surface area contributed by atoms with E-state index in [2.05, 4.69) is 10.6 Å². The second-order valence-corrected chi connectivity index (χ2v) is 9.58. The fourth-order valence-corrected chi connectivity index (χ4v) is 6.35. The molecule has 2 amide bonds. The van der Waals surface area contributed by atoms with Crippen molar-refractivity contribution in [2.24, 2.45) is 17.3 Å². The Morgan fingerprint density at radius 2 is 1.87 bits per heavy atom. The van der Waals surface area contributed by atoms with Crippen LogP contribution in [0.1, 0.15) is 51.0 Å². The molecule has 0 aliphatic heterocycles. The highest BCUT2D eigenvalue weighted by Crippen LogP contribution is 2.62. The van der Waals surface area contributed by atoms with Gasteiger partial charge in [0.25, 0.3) is 11.6 Å². The van der Waals surface area contributed by atoms with Crippen LogP contribution in [0.15, 0.2) is 18.2 Å². The largest absolute Gasteiger partial charge is 0.455 e. The Kier molecular flexibility index (Phi) is 5.23. The lowest BCUT2D eigenvalue weighted by molar-refractivity contribution is -0.384. The molecule has 4 aliphatic carbocycles. The molecule has 4 bridgehead atoms. The highest BCUT2D eigenvalue weighted by Gasteiger charge is 2.61. The summed E-state index contributed by atoms with van der Waals surface area (Å²) in [5, 5.41) is 16.7. The first kappa shape index (κ1) is 21.3. The van der Waals surface area contributed by atoms with Crippen LogP contribution in [0.2, 0.25) is 0 Å². The molecule has 4 saturated carbocycles. The average Bonchev–Trinajstić information content (AvgIpc) is 2.65. The van der Waals surface area contributed by atoms with Crippen molar-refractivity contribution in [1.82, 2.24) is 5.32 Å². The second-order valence-electron chi connectivity index (χ2n) is 9.58. The zero-order valence-corrected chi connectivity index (χ0v) is 17.7. The molecular weight excluding hydrogens is 402 g/mol. The van der Waals surface area contributed by atoms with Crippen molar-refractivity contribution in [3.8, 4) is 0 Å². The first-order valence-electron chi connectivity index (χ1n) is 10.6. The average molecular weight is 429 g/mol. The van der Waals surface area contributed by atoms with Gasteiger partial charge in [0.15, 0.2) is 6.61 Å². The standard InChI is InChI=1S/C22H27N3O6/c1-13-3-4-17(25(29)30)6-18(13)23-19(27)11-31-20(28)21-7-15-5-16(8-21)10-22(9-15,12-21)24-14(2)26/h3-4,6,15-16H,5,7-12H2,1-2H3,(H,23,27)(H,24,26). The van der Waals surface area contributed by atoms with Gasteiger partial charge in [-0.15, -0.1) is 0 Å². The lowest BCUT2D eigenvalue weighted by atomic mass is 9.47. The molecule has 9 nitrogen and oxygen atoms in total. The molecular formula is C22H27N3O6. The van der Waals surface area contributed by atoms with Gasteiger partial charge < -0.3 is 15.4 Å². The number of esters is 1. The maximum atomic E-state index is 13.1. The lowest BCUT2D eigenvalue weighted by Crippen LogP contribution is -2.64. The highest BCUT2D eigenvalue weighted by atomic mass is 16.6. The van der Waals surface area contributed by atoms with E-state index in [1.54, 1.807) is 13.0 Å². The van der Waals surface area contributed by atoms with Gasteiger partial charge in [-0.05, 0) is 62.8 Å². The minimum Gasteiger partial charge on any atom is -0.455 e. The Hall–Kier alpha value is -2.97. The summed E-state index contributed by atoms with van der Waals surface area (Å²) in [6.45, 7) is 2.78. The molecule has 1 aromatic rings. The van der Waals surface area contributed by atoms with Crippen molar-refractivity contribution >= 4 is 29.2 Å². The summed E-state index contributed by atoms with van der Waals surface area (Å²) in [7, 11) is 0. The monoisotopic (exact) mass is 429 g/mol. The lowest BCUT2D eigenvalue weighted by Gasteiger charge is -2.60. The van der Waals surface area contributed by atoms with Crippen LogP contribution in [-0.4, -0.2) is 34.9 Å². The molecule has 2 atom stereocenters. The topological polar surface area (TPSA) is 128 Å². The maximum Gasteiger partial charge on any atom is 0.312 e. The van der Waals surface area contributed by atoms with Crippen molar-refractivity contribution in [3.05, 3.63) is 33.9 Å². The SMILES string of the molecule is CC(=O)NC12CC3CC(C1)CC(C(=O)OCC(=O)Nc1cc([N+](=O)[O-])ccc1C)(C3)C2. The number of non-ortho nitro benzene ring substituents is 1. The third-order valence-corrected chi connectivity index (χ3v) is 6.98. The summed E-state index contributed by atoms with van der Waals surface area (Å²) in [4.78, 5) is 47.6. The molecule has 0 saturated heterocycles. The summed E-state index contributed by atoms with van der Waals surface area (Å²) >= 11 is 0. The Morgan fingerprint density at radius 1 is 1.19 bits per heavy atom. The predicted molar refractivity (Wildman–Crippen MR) is 111 cm³/mol. The van der Waals surface area contributed by atoms with E-state index >= 15 is 0 Å². The number of hydrogen-bond donors (Lipinski definition) is 2. The van der Waals surface area contributed by atoms with E-state index in [0.717, 1.165) is 32.1 Å². The van der Waals surface area contributed by atoms with Gasteiger partial charge in [-0.25, -0.2) is 0 Å². The van der Waals surface area contributed by atoms with Gasteiger partial charge in [0, 0.05) is 24.6 Å². The molecule has 0 aromatic heterocycles. The number of amides is 2. The number of ether oxygens (including phenoxy) is 1. The molecule has 31 heavy (non-hydrogen) atoms. The third kappa shape index (κ3) is 4.13. The van der Waals surface area contributed by atoms with Gasteiger partial charge in [0.1, 0.15) is 0 Å². The predicted octanol–water partition coefficient (Wildman–Crippen LogP) is 2.86. The van der Waals surface area contributed by atoms with Crippen LogP contribution in [0.4, 0.5) is 11.4 Å². The summed E-state index contributed by atoms with van der Waals surface area (Å²) in [5.41, 5.74) is -0.154. The van der Waals surface area contributed by atoms with Gasteiger partial charge in [-0.2, -0.15) is 0 Å². The zero-order chi connectivity index (χ0) is 22.4. The normalized spacial score (nSPS) is 30.5. The van der Waals surface area contributed by atoms with Crippen LogP contribution >= 0.6 is 0 Å². The van der Waals surface area contributed by atoms with Gasteiger partial charge in [-0.3, -0.25) is 24.5 Å². The van der Waals surface area contributed by atoms with Crippen molar-refractivity contribution in [2.45, 2.75) is 57.9 Å². The third-order valence-electron chi connectivity index (χ3n) is 6.98. The van der Waals surface area contributed by atoms with Crippen LogP contribution in [0.3, 0.4) is 0 Å². The Bertz CT molecular complexity index is 945. The van der Waals surface area contributed by atoms with Crippen molar-refractivity contribution < 1.29 is 24.0 Å². The molecule has 4 aliphatic rings. The molecule has 4 fully saturated rings. The molecule has 0 heterocycles. The van der Waals surface area contributed by atoms with E-state index < -0.39 is 22.9 Å². The van der Waals surface area contributed by atoms with Crippen LogP contribution in [0.25, 0.3) is 0 Å². The quantitative estimate of drug-likeness (QED) is 0.407. The van der Waals surface area contributed by atoms with Gasteiger partial charge in [-0.1, -0.05) is 6.07 Å². The number of nitrogens with zero attached hydrogens (tertiary/aromatic N) is 1. The first-order chi connectivity index (χ1) is 14.6. The van der Waals surface area contributed by atoms with Crippen LogP contribution < -0.4 is 10.6 Å². The highest BCUT2D eigenvalue weighted by molar-refractivity contribution is 5.94. The first-order valence-corrected chi connectivity index (χ1v) is 10.6. The number of rotatable bonds is 6. The smallest absolute Gasteiger partial charge is 0.312 e. The minimum atomic E-state index is -0.658.